The molecule has 2 aromatic rings. The number of nitrogens with zero attached hydrogens (tertiary/aromatic N) is 1. The predicted octanol–water partition coefficient (Wildman–Crippen LogP) is 7.58. The summed E-state index contributed by atoms with van der Waals surface area (Å²) >= 11 is 0. The van der Waals surface area contributed by atoms with Crippen LogP contribution in [-0.4, -0.2) is 40.3 Å². The van der Waals surface area contributed by atoms with Gasteiger partial charge in [-0.1, -0.05) is 30.7 Å². The molecular formula is C28H31F6NO3. The maximum Gasteiger partial charge on any atom is 0.420 e. The summed E-state index contributed by atoms with van der Waals surface area (Å²) in [7, 11) is 0. The van der Waals surface area contributed by atoms with E-state index >= 15 is 0 Å². The van der Waals surface area contributed by atoms with E-state index in [-0.39, 0.29) is 55.4 Å². The number of aliphatic carboxylic acids is 1. The van der Waals surface area contributed by atoms with Gasteiger partial charge in [-0.2, -0.15) is 26.3 Å². The summed E-state index contributed by atoms with van der Waals surface area (Å²) in [4.78, 5) is 13.8. The molecule has 2 bridgehead atoms. The molecule has 3 fully saturated rings. The van der Waals surface area contributed by atoms with Gasteiger partial charge >= 0.3 is 18.3 Å². The first-order valence-corrected chi connectivity index (χ1v) is 13.3. The molecule has 0 spiro atoms. The second-order valence-electron chi connectivity index (χ2n) is 11.0. The van der Waals surface area contributed by atoms with Crippen LogP contribution in [0.2, 0.25) is 0 Å². The number of rotatable bonds is 5. The highest BCUT2D eigenvalue weighted by Gasteiger charge is 2.44. The zero-order chi connectivity index (χ0) is 27.2. The van der Waals surface area contributed by atoms with E-state index in [0.717, 1.165) is 19.3 Å². The Bertz CT molecular complexity index is 1160. The van der Waals surface area contributed by atoms with Crippen molar-refractivity contribution in [2.75, 3.05) is 0 Å². The van der Waals surface area contributed by atoms with Crippen molar-refractivity contribution in [3.05, 3.63) is 41.5 Å². The number of ether oxygens (including phenoxy) is 1. The number of carbonyl (C=O) groups is 1. The van der Waals surface area contributed by atoms with Crippen LogP contribution >= 0.6 is 0 Å². The lowest BCUT2D eigenvalue weighted by molar-refractivity contribution is -0.185. The fraction of sp³-hybridized carbons (Fsp3) is 0.607. The third-order valence-electron chi connectivity index (χ3n) is 8.64. The first-order chi connectivity index (χ1) is 17.9. The molecule has 1 saturated carbocycles. The van der Waals surface area contributed by atoms with Crippen molar-refractivity contribution in [2.24, 2.45) is 11.8 Å². The van der Waals surface area contributed by atoms with Crippen LogP contribution in [0.5, 0.6) is 5.75 Å². The first kappa shape index (κ1) is 27.1. The molecule has 0 radical (unpaired) electrons. The molecule has 2 aromatic carbocycles. The Morgan fingerprint density at radius 2 is 1.58 bits per heavy atom. The summed E-state index contributed by atoms with van der Waals surface area (Å²) in [5.74, 6) is -3.06. The topological polar surface area (TPSA) is 49.8 Å². The Kier molecular flexibility index (Phi) is 7.30. The summed E-state index contributed by atoms with van der Waals surface area (Å²) in [6.45, 7) is 0.266. The van der Waals surface area contributed by atoms with Crippen LogP contribution < -0.4 is 4.74 Å². The van der Waals surface area contributed by atoms with Crippen LogP contribution in [-0.2, 0) is 17.5 Å². The standard InChI is InChI=1S/C28H31F6NO3/c29-27(30,31)19-8-10-22(11-9-19)38-23-12-7-16-3-1-4-17(24(16)25(23)28(32,33)34)15-35-20-5-2-6-21(35)14-18(13-20)26(36)37/h1,3-4,7,12,18-22H,2,5-6,8-11,13-15H2,(H,36,37)/t18?,19-,20?,21?,22+. The second-order valence-corrected chi connectivity index (χ2v) is 11.0. The van der Waals surface area contributed by atoms with E-state index in [4.69, 9.17) is 4.74 Å². The molecule has 2 saturated heterocycles. The number of carboxylic acid groups (broad SMARTS) is 1. The molecule has 2 atom stereocenters. The number of alkyl halides is 6. The maximum absolute atomic E-state index is 14.6. The van der Waals surface area contributed by atoms with Crippen LogP contribution in [0, 0.1) is 11.8 Å². The zero-order valence-electron chi connectivity index (χ0n) is 20.8. The van der Waals surface area contributed by atoms with Crippen molar-refractivity contribution in [1.29, 1.82) is 0 Å². The van der Waals surface area contributed by atoms with Gasteiger partial charge in [-0.05, 0) is 68.4 Å². The molecule has 1 N–H and O–H groups in total. The van der Waals surface area contributed by atoms with Gasteiger partial charge in [-0.15, -0.1) is 0 Å². The van der Waals surface area contributed by atoms with Gasteiger partial charge in [0.25, 0.3) is 0 Å². The van der Waals surface area contributed by atoms with Crippen molar-refractivity contribution < 1.29 is 41.0 Å². The van der Waals surface area contributed by atoms with Crippen molar-refractivity contribution >= 4 is 16.7 Å². The van der Waals surface area contributed by atoms with E-state index in [9.17, 15) is 36.2 Å². The SMILES string of the molecule is O=C(O)C1CC2CCCC(C1)N2Cc1cccc2ccc(O[C@H]3CC[C@@H](C(F)(F)F)CC3)c(C(F)(F)F)c12. The van der Waals surface area contributed by atoms with Crippen molar-refractivity contribution in [2.45, 2.75) is 94.9 Å². The quantitative estimate of drug-likeness (QED) is 0.395. The summed E-state index contributed by atoms with van der Waals surface area (Å²) in [6.07, 6.45) is -6.44. The molecule has 2 aliphatic heterocycles. The van der Waals surface area contributed by atoms with Gasteiger partial charge in [-0.25, -0.2) is 0 Å². The Hall–Kier alpha value is -2.49. The molecular weight excluding hydrogens is 512 g/mol. The van der Waals surface area contributed by atoms with Gasteiger partial charge in [0, 0.05) is 24.0 Å². The molecule has 0 amide bonds. The Morgan fingerprint density at radius 1 is 0.921 bits per heavy atom. The highest BCUT2D eigenvalue weighted by Crippen LogP contribution is 2.46. The monoisotopic (exact) mass is 543 g/mol. The van der Waals surface area contributed by atoms with Crippen LogP contribution in [0.25, 0.3) is 10.8 Å². The zero-order valence-corrected chi connectivity index (χ0v) is 20.8. The first-order valence-electron chi connectivity index (χ1n) is 13.3. The molecule has 10 heteroatoms. The Morgan fingerprint density at radius 3 is 2.16 bits per heavy atom. The molecule has 208 valence electrons. The van der Waals surface area contributed by atoms with Crippen molar-refractivity contribution in [3.8, 4) is 5.75 Å². The van der Waals surface area contributed by atoms with Gasteiger partial charge in [0.05, 0.1) is 17.9 Å². The average Bonchev–Trinajstić information content (AvgIpc) is 2.83. The lowest BCUT2D eigenvalue weighted by atomic mass is 9.78. The minimum atomic E-state index is -4.74. The summed E-state index contributed by atoms with van der Waals surface area (Å²) in [5, 5.41) is 10.00. The fourth-order valence-electron chi connectivity index (χ4n) is 6.77. The van der Waals surface area contributed by atoms with Crippen LogP contribution in [0.3, 0.4) is 0 Å². The molecule has 2 unspecified atom stereocenters. The number of halogens is 6. The molecule has 0 aromatic heterocycles. The van der Waals surface area contributed by atoms with Crippen molar-refractivity contribution in [3.63, 3.8) is 0 Å². The van der Waals surface area contributed by atoms with E-state index in [1.807, 2.05) is 0 Å². The third kappa shape index (κ3) is 5.46. The lowest BCUT2D eigenvalue weighted by Gasteiger charge is -2.48. The van der Waals surface area contributed by atoms with E-state index in [1.165, 1.54) is 6.07 Å². The minimum Gasteiger partial charge on any atom is -0.490 e. The summed E-state index contributed by atoms with van der Waals surface area (Å²) in [5.41, 5.74) is -0.402. The Labute approximate surface area is 216 Å². The maximum atomic E-state index is 14.6. The number of hydrogen-bond donors (Lipinski definition) is 1. The van der Waals surface area contributed by atoms with Crippen molar-refractivity contribution in [1.82, 2.24) is 4.90 Å². The largest absolute Gasteiger partial charge is 0.490 e. The highest BCUT2D eigenvalue weighted by atomic mass is 19.4. The van der Waals surface area contributed by atoms with Crippen LogP contribution in [0.15, 0.2) is 30.3 Å². The second kappa shape index (κ2) is 10.2. The van der Waals surface area contributed by atoms with Gasteiger partial charge < -0.3 is 9.84 Å². The van der Waals surface area contributed by atoms with Gasteiger partial charge in [0.1, 0.15) is 11.3 Å². The van der Waals surface area contributed by atoms with Gasteiger partial charge in [0.2, 0.25) is 0 Å². The lowest BCUT2D eigenvalue weighted by Crippen LogP contribution is -2.52. The summed E-state index contributed by atoms with van der Waals surface area (Å²) in [6, 6.07) is 7.85. The number of fused-ring (bicyclic) bond motifs is 3. The molecule has 2 heterocycles. The van der Waals surface area contributed by atoms with E-state index in [2.05, 4.69) is 4.90 Å². The Balaban J connectivity index is 1.46. The predicted molar refractivity (Wildman–Crippen MR) is 129 cm³/mol. The van der Waals surface area contributed by atoms with Gasteiger partial charge in [0.15, 0.2) is 0 Å². The number of hydrogen-bond acceptors (Lipinski definition) is 3. The normalized spacial score (nSPS) is 28.8. The molecule has 1 aliphatic carbocycles. The molecule has 38 heavy (non-hydrogen) atoms. The molecule has 3 aliphatic rings. The third-order valence-corrected chi connectivity index (χ3v) is 8.64. The smallest absolute Gasteiger partial charge is 0.420 e. The van der Waals surface area contributed by atoms with E-state index in [1.54, 1.807) is 24.3 Å². The number of benzene rings is 2. The fourth-order valence-corrected chi connectivity index (χ4v) is 6.77. The highest BCUT2D eigenvalue weighted by molar-refractivity contribution is 5.91. The average molecular weight is 544 g/mol. The number of carboxylic acids is 1. The van der Waals surface area contributed by atoms with Crippen LogP contribution in [0.4, 0.5) is 26.3 Å². The molecule has 4 nitrogen and oxygen atoms in total. The van der Waals surface area contributed by atoms with Gasteiger partial charge in [-0.3, -0.25) is 9.69 Å². The van der Waals surface area contributed by atoms with Crippen LogP contribution in [0.1, 0.15) is 68.9 Å². The summed E-state index contributed by atoms with van der Waals surface area (Å²) < 4.78 is 88.6. The minimum absolute atomic E-state index is 0.00329. The number of piperidine rings is 2. The van der Waals surface area contributed by atoms with E-state index < -0.39 is 41.8 Å². The van der Waals surface area contributed by atoms with E-state index in [0.29, 0.717) is 23.8 Å². The molecule has 5 rings (SSSR count).